The molecule has 0 bridgehead atoms. The molecule has 0 N–H and O–H groups in total. The number of fused-ring (bicyclic) bond motifs is 1. The van der Waals surface area contributed by atoms with Gasteiger partial charge in [0.2, 0.25) is 0 Å². The lowest BCUT2D eigenvalue weighted by molar-refractivity contribution is 0.482. The molecule has 4 rings (SSSR count). The standard InChI is InChI=1S/C22H21ClFN5O/c1-27(15-5-3-14(24)4-6-15)16-9-11-29(12-10-16)21-17(13-25)22(30)28(2)18-7-8-19(23)26-20(18)21/h3-8,16H,9-12H2,1-2H3. The third-order valence-corrected chi connectivity index (χ3v) is 6.07. The van der Waals surface area contributed by atoms with Crippen LogP contribution in [0.5, 0.6) is 0 Å². The highest BCUT2D eigenvalue weighted by Crippen LogP contribution is 2.31. The van der Waals surface area contributed by atoms with Crippen LogP contribution in [0.4, 0.5) is 15.8 Å². The molecule has 3 heterocycles. The lowest BCUT2D eigenvalue weighted by atomic mass is 10.0. The molecular formula is C22H21ClFN5O. The van der Waals surface area contributed by atoms with E-state index in [1.807, 2.05) is 7.05 Å². The molecule has 2 aromatic heterocycles. The Hall–Kier alpha value is -3.11. The molecule has 1 aliphatic rings. The molecule has 3 aromatic rings. The van der Waals surface area contributed by atoms with Crippen LogP contribution in [0, 0.1) is 17.1 Å². The maximum absolute atomic E-state index is 13.2. The molecular weight excluding hydrogens is 405 g/mol. The van der Waals surface area contributed by atoms with E-state index >= 15 is 0 Å². The Morgan fingerprint density at radius 1 is 1.20 bits per heavy atom. The van der Waals surface area contributed by atoms with E-state index in [4.69, 9.17) is 11.6 Å². The number of aromatic nitrogens is 2. The Kier molecular flexibility index (Phi) is 5.35. The highest BCUT2D eigenvalue weighted by molar-refractivity contribution is 6.29. The molecule has 1 aliphatic heterocycles. The predicted octanol–water partition coefficient (Wildman–Crippen LogP) is 3.70. The summed E-state index contributed by atoms with van der Waals surface area (Å²) in [5, 5.41) is 10.0. The first-order chi connectivity index (χ1) is 14.4. The smallest absolute Gasteiger partial charge is 0.270 e. The van der Waals surface area contributed by atoms with Crippen LogP contribution >= 0.6 is 11.6 Å². The van der Waals surface area contributed by atoms with Crippen LogP contribution in [-0.4, -0.2) is 35.7 Å². The van der Waals surface area contributed by atoms with Gasteiger partial charge in [-0.3, -0.25) is 4.79 Å². The minimum atomic E-state index is -0.338. The third kappa shape index (κ3) is 3.48. The number of rotatable bonds is 3. The fourth-order valence-electron chi connectivity index (χ4n) is 4.14. The zero-order chi connectivity index (χ0) is 21.4. The Labute approximate surface area is 178 Å². The third-order valence-electron chi connectivity index (χ3n) is 5.86. The van der Waals surface area contributed by atoms with Crippen molar-refractivity contribution in [3.05, 3.63) is 63.3 Å². The number of anilines is 2. The molecule has 0 spiro atoms. The van der Waals surface area contributed by atoms with Gasteiger partial charge in [0, 0.05) is 38.9 Å². The number of pyridine rings is 2. The largest absolute Gasteiger partial charge is 0.371 e. The van der Waals surface area contributed by atoms with Crippen molar-refractivity contribution in [2.45, 2.75) is 18.9 Å². The summed E-state index contributed by atoms with van der Waals surface area (Å²) in [6.07, 6.45) is 1.66. The van der Waals surface area contributed by atoms with Crippen LogP contribution in [0.25, 0.3) is 11.0 Å². The van der Waals surface area contributed by atoms with E-state index in [-0.39, 0.29) is 23.0 Å². The van der Waals surface area contributed by atoms with Crippen molar-refractivity contribution < 1.29 is 4.39 Å². The van der Waals surface area contributed by atoms with Gasteiger partial charge in [-0.2, -0.15) is 5.26 Å². The van der Waals surface area contributed by atoms with E-state index < -0.39 is 0 Å². The van der Waals surface area contributed by atoms with Gasteiger partial charge in [0.05, 0.1) is 11.2 Å². The van der Waals surface area contributed by atoms with E-state index in [0.29, 0.717) is 35.0 Å². The first-order valence-electron chi connectivity index (χ1n) is 9.73. The molecule has 8 heteroatoms. The minimum absolute atomic E-state index is 0.0881. The van der Waals surface area contributed by atoms with E-state index in [1.165, 1.54) is 16.7 Å². The molecule has 1 saturated heterocycles. The Balaban J connectivity index is 1.66. The van der Waals surface area contributed by atoms with Gasteiger partial charge >= 0.3 is 0 Å². The lowest BCUT2D eigenvalue weighted by Gasteiger charge is -2.39. The summed E-state index contributed by atoms with van der Waals surface area (Å²) in [7, 11) is 3.64. The number of hydrogen-bond donors (Lipinski definition) is 0. The van der Waals surface area contributed by atoms with Crippen molar-refractivity contribution in [2.75, 3.05) is 29.9 Å². The Bertz CT molecular complexity index is 1190. The number of nitriles is 1. The number of nitrogens with zero attached hydrogens (tertiary/aromatic N) is 5. The number of halogens is 2. The van der Waals surface area contributed by atoms with Crippen LogP contribution in [0.2, 0.25) is 5.15 Å². The average molecular weight is 426 g/mol. The SMILES string of the molecule is CN(c1ccc(F)cc1)C1CCN(c2c(C#N)c(=O)n(C)c3ccc(Cl)nc23)CC1. The highest BCUT2D eigenvalue weighted by atomic mass is 35.5. The van der Waals surface area contributed by atoms with Crippen LogP contribution < -0.4 is 15.4 Å². The maximum atomic E-state index is 13.2. The monoisotopic (exact) mass is 425 g/mol. The number of piperidine rings is 1. The molecule has 0 amide bonds. The summed E-state index contributed by atoms with van der Waals surface area (Å²) in [6.45, 7) is 1.34. The molecule has 154 valence electrons. The van der Waals surface area contributed by atoms with Crippen molar-refractivity contribution in [3.8, 4) is 6.07 Å². The van der Waals surface area contributed by atoms with Gasteiger partial charge in [-0.05, 0) is 49.2 Å². The van der Waals surface area contributed by atoms with E-state index in [0.717, 1.165) is 18.5 Å². The zero-order valence-electron chi connectivity index (χ0n) is 16.8. The maximum Gasteiger partial charge on any atom is 0.270 e. The molecule has 0 radical (unpaired) electrons. The summed E-state index contributed by atoms with van der Waals surface area (Å²) in [4.78, 5) is 21.4. The van der Waals surface area contributed by atoms with Gasteiger partial charge in [-0.25, -0.2) is 9.37 Å². The fraction of sp³-hybridized carbons (Fsp3) is 0.318. The van der Waals surface area contributed by atoms with Gasteiger partial charge < -0.3 is 14.4 Å². The quantitative estimate of drug-likeness (QED) is 0.598. The van der Waals surface area contributed by atoms with Crippen LogP contribution in [0.1, 0.15) is 18.4 Å². The fourth-order valence-corrected chi connectivity index (χ4v) is 4.29. The van der Waals surface area contributed by atoms with Crippen LogP contribution in [0.3, 0.4) is 0 Å². The van der Waals surface area contributed by atoms with Crippen LogP contribution in [0.15, 0.2) is 41.2 Å². The van der Waals surface area contributed by atoms with Crippen molar-refractivity contribution >= 4 is 34.0 Å². The molecule has 6 nitrogen and oxygen atoms in total. The Morgan fingerprint density at radius 2 is 1.87 bits per heavy atom. The molecule has 1 fully saturated rings. The molecule has 30 heavy (non-hydrogen) atoms. The van der Waals surface area contributed by atoms with Crippen molar-refractivity contribution in [3.63, 3.8) is 0 Å². The van der Waals surface area contributed by atoms with Gasteiger partial charge in [0.15, 0.2) is 0 Å². The van der Waals surface area contributed by atoms with Crippen molar-refractivity contribution in [1.29, 1.82) is 5.26 Å². The van der Waals surface area contributed by atoms with Gasteiger partial charge in [-0.15, -0.1) is 0 Å². The highest BCUT2D eigenvalue weighted by Gasteiger charge is 2.28. The normalized spacial score (nSPS) is 14.7. The van der Waals surface area contributed by atoms with Crippen LogP contribution in [-0.2, 0) is 7.05 Å². The summed E-state index contributed by atoms with van der Waals surface area (Å²) < 4.78 is 14.7. The van der Waals surface area contributed by atoms with E-state index in [2.05, 4.69) is 20.9 Å². The molecule has 0 saturated carbocycles. The second-order valence-corrected chi connectivity index (χ2v) is 7.89. The molecule has 0 unspecified atom stereocenters. The molecule has 1 aromatic carbocycles. The number of hydrogen-bond acceptors (Lipinski definition) is 5. The van der Waals surface area contributed by atoms with E-state index in [1.54, 1.807) is 31.3 Å². The zero-order valence-corrected chi connectivity index (χ0v) is 17.5. The second-order valence-electron chi connectivity index (χ2n) is 7.51. The Morgan fingerprint density at radius 3 is 2.50 bits per heavy atom. The summed E-state index contributed by atoms with van der Waals surface area (Å²) in [5.41, 5.74) is 2.47. The minimum Gasteiger partial charge on any atom is -0.371 e. The van der Waals surface area contributed by atoms with Crippen molar-refractivity contribution in [2.24, 2.45) is 7.05 Å². The number of benzene rings is 1. The van der Waals surface area contributed by atoms with E-state index in [9.17, 15) is 14.4 Å². The van der Waals surface area contributed by atoms with Crippen molar-refractivity contribution in [1.82, 2.24) is 9.55 Å². The number of aryl methyl sites for hydroxylation is 1. The first kappa shape index (κ1) is 20.2. The predicted molar refractivity (Wildman–Crippen MR) is 117 cm³/mol. The average Bonchev–Trinajstić information content (AvgIpc) is 2.76. The first-order valence-corrected chi connectivity index (χ1v) is 10.1. The van der Waals surface area contributed by atoms with Gasteiger partial charge in [0.25, 0.3) is 5.56 Å². The second kappa shape index (κ2) is 7.96. The molecule has 0 atom stereocenters. The lowest BCUT2D eigenvalue weighted by Crippen LogP contribution is -2.44. The summed E-state index contributed by atoms with van der Waals surface area (Å²) >= 11 is 6.13. The van der Waals surface area contributed by atoms with Gasteiger partial charge in [-0.1, -0.05) is 11.6 Å². The molecule has 0 aliphatic carbocycles. The summed E-state index contributed by atoms with van der Waals surface area (Å²) in [5.74, 6) is -0.255. The topological polar surface area (TPSA) is 65.2 Å². The van der Waals surface area contributed by atoms with Gasteiger partial charge in [0.1, 0.15) is 28.1 Å². The summed E-state index contributed by atoms with van der Waals surface area (Å²) in [6, 6.07) is 12.2.